The van der Waals surface area contributed by atoms with Crippen molar-refractivity contribution in [2.75, 3.05) is 23.3 Å². The van der Waals surface area contributed by atoms with Gasteiger partial charge in [0, 0.05) is 24.3 Å². The molecule has 29 heavy (non-hydrogen) atoms. The van der Waals surface area contributed by atoms with Crippen LogP contribution in [0.3, 0.4) is 0 Å². The van der Waals surface area contributed by atoms with Crippen LogP contribution in [-0.2, 0) is 22.4 Å². The first-order valence-corrected chi connectivity index (χ1v) is 10.7. The average molecular weight is 392 g/mol. The van der Waals surface area contributed by atoms with Crippen molar-refractivity contribution in [3.05, 3.63) is 59.2 Å². The van der Waals surface area contributed by atoms with Crippen LogP contribution >= 0.6 is 0 Å². The molecule has 2 aliphatic rings. The summed E-state index contributed by atoms with van der Waals surface area (Å²) in [4.78, 5) is 26.0. The van der Waals surface area contributed by atoms with E-state index in [4.69, 9.17) is 0 Å². The molecule has 0 bridgehead atoms. The van der Waals surface area contributed by atoms with Crippen LogP contribution in [0.25, 0.3) is 0 Å². The zero-order valence-corrected chi connectivity index (χ0v) is 17.0. The lowest BCUT2D eigenvalue weighted by Gasteiger charge is -2.20. The van der Waals surface area contributed by atoms with Gasteiger partial charge in [-0.25, -0.2) is 0 Å². The number of hydrogen-bond donors (Lipinski definition) is 2. The Morgan fingerprint density at radius 3 is 2.48 bits per heavy atom. The molecule has 5 nitrogen and oxygen atoms in total. The molecule has 1 saturated heterocycles. The third-order valence-electron chi connectivity index (χ3n) is 5.96. The first-order chi connectivity index (χ1) is 14.1. The van der Waals surface area contributed by atoms with Crippen LogP contribution < -0.4 is 15.5 Å². The highest BCUT2D eigenvalue weighted by Crippen LogP contribution is 2.25. The standard InChI is InChI=1S/C24H29N3O2/c1-17(19-9-8-18-5-2-3-6-20(18)15-19)26-23(28)16-25-21-10-12-22(13-11-21)27-14-4-7-24(27)29/h8-13,15,17,25H,2-7,14,16H2,1H3,(H,26,28). The van der Waals surface area contributed by atoms with E-state index >= 15 is 0 Å². The molecule has 0 saturated carbocycles. The van der Waals surface area contributed by atoms with Crippen molar-refractivity contribution in [2.45, 2.75) is 51.5 Å². The molecule has 1 aliphatic carbocycles. The molecule has 5 heteroatoms. The number of benzene rings is 2. The third kappa shape index (κ3) is 4.61. The van der Waals surface area contributed by atoms with Crippen LogP contribution in [0.4, 0.5) is 11.4 Å². The molecule has 1 aliphatic heterocycles. The molecule has 0 aromatic heterocycles. The molecule has 152 valence electrons. The number of anilines is 2. The second kappa shape index (κ2) is 8.68. The van der Waals surface area contributed by atoms with Crippen molar-refractivity contribution >= 4 is 23.2 Å². The van der Waals surface area contributed by atoms with E-state index in [9.17, 15) is 9.59 Å². The summed E-state index contributed by atoms with van der Waals surface area (Å²) in [5.41, 5.74) is 5.85. The quantitative estimate of drug-likeness (QED) is 0.783. The first kappa shape index (κ1) is 19.5. The maximum absolute atomic E-state index is 12.4. The Labute approximate surface area is 172 Å². The van der Waals surface area contributed by atoms with Gasteiger partial charge < -0.3 is 15.5 Å². The molecule has 2 amide bonds. The fourth-order valence-corrected chi connectivity index (χ4v) is 4.26. The summed E-state index contributed by atoms with van der Waals surface area (Å²) in [5, 5.41) is 6.25. The number of fused-ring (bicyclic) bond motifs is 1. The number of nitrogens with one attached hydrogen (secondary N) is 2. The molecular formula is C24H29N3O2. The Kier molecular flexibility index (Phi) is 5.84. The van der Waals surface area contributed by atoms with Gasteiger partial charge in [-0.1, -0.05) is 18.2 Å². The Morgan fingerprint density at radius 2 is 1.76 bits per heavy atom. The minimum Gasteiger partial charge on any atom is -0.376 e. The van der Waals surface area contributed by atoms with E-state index in [1.54, 1.807) is 0 Å². The van der Waals surface area contributed by atoms with Gasteiger partial charge in [-0.2, -0.15) is 0 Å². The Bertz CT molecular complexity index is 891. The van der Waals surface area contributed by atoms with E-state index in [1.807, 2.05) is 36.1 Å². The number of rotatable bonds is 6. The SMILES string of the molecule is CC(NC(=O)CNc1ccc(N2CCCC2=O)cc1)c1ccc2c(c1)CCCC2. The molecule has 2 aromatic carbocycles. The van der Waals surface area contributed by atoms with Gasteiger partial charge in [0.15, 0.2) is 0 Å². The number of carbonyl (C=O) groups excluding carboxylic acids is 2. The van der Waals surface area contributed by atoms with E-state index in [0.29, 0.717) is 6.42 Å². The molecule has 1 fully saturated rings. The van der Waals surface area contributed by atoms with E-state index < -0.39 is 0 Å². The van der Waals surface area contributed by atoms with Crippen LogP contribution in [0.15, 0.2) is 42.5 Å². The largest absolute Gasteiger partial charge is 0.376 e. The number of amides is 2. The molecule has 4 rings (SSSR count). The van der Waals surface area contributed by atoms with Gasteiger partial charge in [-0.15, -0.1) is 0 Å². The fourth-order valence-electron chi connectivity index (χ4n) is 4.26. The predicted molar refractivity (Wildman–Crippen MR) is 116 cm³/mol. The Hall–Kier alpha value is -2.82. The van der Waals surface area contributed by atoms with Gasteiger partial charge in [0.1, 0.15) is 0 Å². The van der Waals surface area contributed by atoms with Gasteiger partial charge in [0.05, 0.1) is 12.6 Å². The molecule has 1 unspecified atom stereocenters. The highest BCUT2D eigenvalue weighted by molar-refractivity contribution is 5.95. The lowest BCUT2D eigenvalue weighted by atomic mass is 9.89. The van der Waals surface area contributed by atoms with E-state index in [2.05, 4.69) is 28.8 Å². The van der Waals surface area contributed by atoms with E-state index in [1.165, 1.54) is 36.0 Å². The predicted octanol–water partition coefficient (Wildman–Crippen LogP) is 3.98. The van der Waals surface area contributed by atoms with Crippen molar-refractivity contribution < 1.29 is 9.59 Å². The highest BCUT2D eigenvalue weighted by atomic mass is 16.2. The lowest BCUT2D eigenvalue weighted by molar-refractivity contribution is -0.120. The van der Waals surface area contributed by atoms with Crippen LogP contribution in [0.5, 0.6) is 0 Å². The molecule has 1 heterocycles. The molecular weight excluding hydrogens is 362 g/mol. The average Bonchev–Trinajstić information content (AvgIpc) is 3.18. The molecule has 0 spiro atoms. The summed E-state index contributed by atoms with van der Waals surface area (Å²) in [7, 11) is 0. The summed E-state index contributed by atoms with van der Waals surface area (Å²) < 4.78 is 0. The normalized spacial score (nSPS) is 17.0. The minimum atomic E-state index is -0.0333. The van der Waals surface area contributed by atoms with Crippen molar-refractivity contribution in [2.24, 2.45) is 0 Å². The summed E-state index contributed by atoms with van der Waals surface area (Å²) in [6.07, 6.45) is 6.39. The maximum Gasteiger partial charge on any atom is 0.239 e. The van der Waals surface area contributed by atoms with Crippen molar-refractivity contribution in [3.8, 4) is 0 Å². The van der Waals surface area contributed by atoms with Crippen molar-refractivity contribution in [3.63, 3.8) is 0 Å². The van der Waals surface area contributed by atoms with E-state index in [0.717, 1.165) is 30.8 Å². The highest BCUT2D eigenvalue weighted by Gasteiger charge is 2.21. The molecule has 0 radical (unpaired) electrons. The summed E-state index contributed by atoms with van der Waals surface area (Å²) in [5.74, 6) is 0.148. The van der Waals surface area contributed by atoms with Gasteiger partial charge in [-0.05, 0) is 80.0 Å². The van der Waals surface area contributed by atoms with Crippen LogP contribution in [0.1, 0.15) is 55.3 Å². The summed E-state index contributed by atoms with van der Waals surface area (Å²) in [6.45, 7) is 3.04. The topological polar surface area (TPSA) is 61.4 Å². The molecule has 2 N–H and O–H groups in total. The minimum absolute atomic E-state index is 0.0138. The zero-order valence-electron chi connectivity index (χ0n) is 17.0. The fraction of sp³-hybridized carbons (Fsp3) is 0.417. The summed E-state index contributed by atoms with van der Waals surface area (Å²) in [6, 6.07) is 14.3. The molecule has 2 aromatic rings. The summed E-state index contributed by atoms with van der Waals surface area (Å²) >= 11 is 0. The van der Waals surface area contributed by atoms with Crippen molar-refractivity contribution in [1.82, 2.24) is 5.32 Å². The Morgan fingerprint density at radius 1 is 1.00 bits per heavy atom. The van der Waals surface area contributed by atoms with Crippen LogP contribution in [0, 0.1) is 0 Å². The third-order valence-corrected chi connectivity index (χ3v) is 5.96. The Balaban J connectivity index is 1.29. The maximum atomic E-state index is 12.4. The van der Waals surface area contributed by atoms with Gasteiger partial charge >= 0.3 is 0 Å². The van der Waals surface area contributed by atoms with Crippen LogP contribution in [-0.4, -0.2) is 24.9 Å². The van der Waals surface area contributed by atoms with Gasteiger partial charge in [-0.3, -0.25) is 9.59 Å². The smallest absolute Gasteiger partial charge is 0.239 e. The van der Waals surface area contributed by atoms with Gasteiger partial charge in [0.25, 0.3) is 0 Å². The second-order valence-electron chi connectivity index (χ2n) is 8.07. The second-order valence-corrected chi connectivity index (χ2v) is 8.07. The van der Waals surface area contributed by atoms with Gasteiger partial charge in [0.2, 0.25) is 11.8 Å². The van der Waals surface area contributed by atoms with Crippen molar-refractivity contribution in [1.29, 1.82) is 0 Å². The number of nitrogens with zero attached hydrogens (tertiary/aromatic N) is 1. The molecule has 1 atom stereocenters. The van der Waals surface area contributed by atoms with Crippen LogP contribution in [0.2, 0.25) is 0 Å². The van der Waals surface area contributed by atoms with E-state index in [-0.39, 0.29) is 24.4 Å². The first-order valence-electron chi connectivity index (χ1n) is 10.7. The lowest BCUT2D eigenvalue weighted by Crippen LogP contribution is -2.32. The number of hydrogen-bond acceptors (Lipinski definition) is 3. The zero-order chi connectivity index (χ0) is 20.2. The monoisotopic (exact) mass is 391 g/mol. The number of carbonyl (C=O) groups is 2. The number of aryl methyl sites for hydroxylation is 2.